The Kier molecular flexibility index (Phi) is 8.76. The second-order valence-electron chi connectivity index (χ2n) is 9.57. The SMILES string of the molecule is C=C(C)C1=C(N(C)c2ccc(C(C)C)cc2)CCN(C(=O)c2ccc(Br)c(C)c2N=CC)C1CC. The molecule has 0 bridgehead atoms. The van der Waals surface area contributed by atoms with Crippen LogP contribution in [0.25, 0.3) is 0 Å². The van der Waals surface area contributed by atoms with Crippen molar-refractivity contribution in [2.24, 2.45) is 4.99 Å². The van der Waals surface area contributed by atoms with Gasteiger partial charge in [-0.05, 0) is 74.1 Å². The van der Waals surface area contributed by atoms with Crippen molar-refractivity contribution in [1.29, 1.82) is 0 Å². The van der Waals surface area contributed by atoms with Crippen LogP contribution in [0, 0.1) is 6.92 Å². The van der Waals surface area contributed by atoms with E-state index >= 15 is 0 Å². The summed E-state index contributed by atoms with van der Waals surface area (Å²) in [5.74, 6) is 0.525. The average Bonchev–Trinajstić information content (AvgIpc) is 2.85. The van der Waals surface area contributed by atoms with Crippen molar-refractivity contribution in [3.63, 3.8) is 0 Å². The summed E-state index contributed by atoms with van der Waals surface area (Å²) in [5.41, 5.74) is 8.24. The van der Waals surface area contributed by atoms with E-state index in [0.717, 1.165) is 45.4 Å². The molecule has 1 aliphatic rings. The quantitative estimate of drug-likeness (QED) is 0.335. The lowest BCUT2D eigenvalue weighted by atomic mass is 9.88. The molecule has 1 aliphatic heterocycles. The Morgan fingerprint density at radius 2 is 1.91 bits per heavy atom. The molecule has 186 valence electrons. The molecule has 0 fully saturated rings. The van der Waals surface area contributed by atoms with Gasteiger partial charge < -0.3 is 9.80 Å². The Balaban J connectivity index is 2.03. The van der Waals surface area contributed by atoms with Gasteiger partial charge in [-0.25, -0.2) is 0 Å². The first-order valence-electron chi connectivity index (χ1n) is 12.4. The monoisotopic (exact) mass is 535 g/mol. The first-order valence-corrected chi connectivity index (χ1v) is 13.2. The van der Waals surface area contributed by atoms with Gasteiger partial charge in [-0.15, -0.1) is 0 Å². The van der Waals surface area contributed by atoms with Crippen LogP contribution in [0.4, 0.5) is 11.4 Å². The fraction of sp³-hybridized carbons (Fsp3) is 0.400. The molecule has 0 aromatic heterocycles. The van der Waals surface area contributed by atoms with Crippen LogP contribution in [0.1, 0.15) is 74.9 Å². The first kappa shape index (κ1) is 26.9. The van der Waals surface area contributed by atoms with Crippen molar-refractivity contribution in [2.45, 2.75) is 66.3 Å². The van der Waals surface area contributed by atoms with Gasteiger partial charge in [-0.2, -0.15) is 0 Å². The molecule has 4 nitrogen and oxygen atoms in total. The van der Waals surface area contributed by atoms with E-state index in [9.17, 15) is 4.79 Å². The van der Waals surface area contributed by atoms with Crippen LogP contribution in [-0.2, 0) is 0 Å². The van der Waals surface area contributed by atoms with E-state index in [4.69, 9.17) is 0 Å². The first-order chi connectivity index (χ1) is 16.6. The van der Waals surface area contributed by atoms with Gasteiger partial charge >= 0.3 is 0 Å². The minimum Gasteiger partial charge on any atom is -0.348 e. The number of amides is 1. The molecule has 3 rings (SSSR count). The number of hydrogen-bond donors (Lipinski definition) is 0. The molecule has 2 aromatic carbocycles. The predicted octanol–water partition coefficient (Wildman–Crippen LogP) is 8.19. The molecule has 0 saturated heterocycles. The highest BCUT2D eigenvalue weighted by Crippen LogP contribution is 2.37. The number of benzene rings is 2. The Bertz CT molecular complexity index is 1160. The number of halogens is 1. The van der Waals surface area contributed by atoms with Gasteiger partial charge in [0.1, 0.15) is 0 Å². The zero-order chi connectivity index (χ0) is 25.9. The lowest BCUT2D eigenvalue weighted by molar-refractivity contribution is 0.0691. The minimum absolute atomic E-state index is 0.0230. The van der Waals surface area contributed by atoms with Crippen LogP contribution in [0.3, 0.4) is 0 Å². The average molecular weight is 537 g/mol. The van der Waals surface area contributed by atoms with Crippen molar-refractivity contribution < 1.29 is 4.79 Å². The van der Waals surface area contributed by atoms with Crippen molar-refractivity contribution >= 4 is 39.4 Å². The molecule has 0 N–H and O–H groups in total. The van der Waals surface area contributed by atoms with Crippen LogP contribution < -0.4 is 4.90 Å². The van der Waals surface area contributed by atoms with Gasteiger partial charge in [0.05, 0.1) is 17.3 Å². The maximum atomic E-state index is 13.9. The van der Waals surface area contributed by atoms with Crippen molar-refractivity contribution in [3.8, 4) is 0 Å². The lowest BCUT2D eigenvalue weighted by Gasteiger charge is -2.41. The molecule has 0 aliphatic carbocycles. The maximum absolute atomic E-state index is 13.9. The van der Waals surface area contributed by atoms with Gasteiger partial charge in [0.2, 0.25) is 0 Å². The summed E-state index contributed by atoms with van der Waals surface area (Å²) in [4.78, 5) is 22.8. The van der Waals surface area contributed by atoms with Gasteiger partial charge in [0.15, 0.2) is 0 Å². The summed E-state index contributed by atoms with van der Waals surface area (Å²) < 4.78 is 0.954. The Labute approximate surface area is 219 Å². The van der Waals surface area contributed by atoms with Crippen LogP contribution in [0.15, 0.2) is 69.3 Å². The lowest BCUT2D eigenvalue weighted by Crippen LogP contribution is -2.47. The number of aliphatic imine (C=N–C) groups is 1. The number of nitrogens with zero attached hydrogens (tertiary/aromatic N) is 3. The number of hydrogen-bond acceptors (Lipinski definition) is 3. The predicted molar refractivity (Wildman–Crippen MR) is 153 cm³/mol. The van der Waals surface area contributed by atoms with Gasteiger partial charge in [-0.3, -0.25) is 9.79 Å². The third-order valence-electron chi connectivity index (χ3n) is 6.92. The number of carbonyl (C=O) groups excluding carboxylic acids is 1. The molecule has 5 heteroatoms. The maximum Gasteiger partial charge on any atom is 0.256 e. The van der Waals surface area contributed by atoms with E-state index in [-0.39, 0.29) is 11.9 Å². The van der Waals surface area contributed by atoms with Gasteiger partial charge in [0, 0.05) is 42.1 Å². The summed E-state index contributed by atoms with van der Waals surface area (Å²) in [6.45, 7) is 17.5. The van der Waals surface area contributed by atoms with Crippen LogP contribution >= 0.6 is 15.9 Å². The highest BCUT2D eigenvalue weighted by Gasteiger charge is 2.35. The van der Waals surface area contributed by atoms with Crippen LogP contribution in [-0.4, -0.2) is 36.7 Å². The Morgan fingerprint density at radius 1 is 1.26 bits per heavy atom. The second kappa shape index (κ2) is 11.4. The molecule has 35 heavy (non-hydrogen) atoms. The van der Waals surface area contributed by atoms with E-state index in [0.29, 0.717) is 18.0 Å². The summed E-state index contributed by atoms with van der Waals surface area (Å²) in [7, 11) is 2.12. The molecule has 0 spiro atoms. The third kappa shape index (κ3) is 5.45. The Hall–Kier alpha value is -2.66. The van der Waals surface area contributed by atoms with E-state index in [1.54, 1.807) is 6.21 Å². The summed E-state index contributed by atoms with van der Waals surface area (Å²) in [5, 5.41) is 0. The van der Waals surface area contributed by atoms with E-state index in [1.165, 1.54) is 11.3 Å². The molecule has 1 unspecified atom stereocenters. The van der Waals surface area contributed by atoms with Crippen molar-refractivity contribution in [2.75, 3.05) is 18.5 Å². The summed E-state index contributed by atoms with van der Waals surface area (Å²) in [6.07, 6.45) is 3.34. The Morgan fingerprint density at radius 3 is 2.46 bits per heavy atom. The molecule has 0 saturated carbocycles. The summed E-state index contributed by atoms with van der Waals surface area (Å²) in [6, 6.07) is 12.6. The highest BCUT2D eigenvalue weighted by molar-refractivity contribution is 9.10. The van der Waals surface area contributed by atoms with E-state index in [2.05, 4.69) is 91.4 Å². The normalized spacial score (nSPS) is 16.4. The zero-order valence-electron chi connectivity index (χ0n) is 22.2. The smallest absolute Gasteiger partial charge is 0.256 e. The molecular formula is C30H38BrN3O. The third-order valence-corrected chi connectivity index (χ3v) is 7.78. The van der Waals surface area contributed by atoms with Crippen molar-refractivity contribution in [3.05, 3.63) is 81.0 Å². The zero-order valence-corrected chi connectivity index (χ0v) is 23.7. The second-order valence-corrected chi connectivity index (χ2v) is 10.4. The fourth-order valence-corrected chi connectivity index (χ4v) is 5.27. The molecule has 0 radical (unpaired) electrons. The van der Waals surface area contributed by atoms with Gasteiger partial charge in [-0.1, -0.05) is 61.0 Å². The molecule has 1 heterocycles. The number of anilines is 1. The number of carbonyl (C=O) groups is 1. The summed E-state index contributed by atoms with van der Waals surface area (Å²) >= 11 is 3.58. The number of rotatable bonds is 7. The standard InChI is InChI=1S/C30H38BrN3O/c1-9-26-28(20(5)6)27(33(8)23-13-11-22(12-14-23)19(3)4)17-18-34(26)30(35)24-15-16-25(31)21(7)29(24)32-10-2/h10-16,19,26H,5,9,17-18H2,1-4,6-8H3. The highest BCUT2D eigenvalue weighted by atomic mass is 79.9. The van der Waals surface area contributed by atoms with Gasteiger partial charge in [0.25, 0.3) is 5.91 Å². The van der Waals surface area contributed by atoms with E-state index in [1.807, 2.05) is 30.9 Å². The molecule has 1 atom stereocenters. The molecule has 1 amide bonds. The molecule has 2 aromatic rings. The fourth-order valence-electron chi connectivity index (χ4n) is 4.95. The van der Waals surface area contributed by atoms with E-state index < -0.39 is 0 Å². The topological polar surface area (TPSA) is 35.9 Å². The van der Waals surface area contributed by atoms with Crippen LogP contribution in [0.2, 0.25) is 0 Å². The molecular weight excluding hydrogens is 498 g/mol. The minimum atomic E-state index is -0.0384. The van der Waals surface area contributed by atoms with Crippen LogP contribution in [0.5, 0.6) is 0 Å². The largest absolute Gasteiger partial charge is 0.348 e. The van der Waals surface area contributed by atoms with Crippen molar-refractivity contribution in [1.82, 2.24) is 4.90 Å².